The molecule has 50 valence electrons. The van der Waals surface area contributed by atoms with Crippen LogP contribution in [-0.4, -0.2) is 19.0 Å². The highest BCUT2D eigenvalue weighted by Crippen LogP contribution is 1.96. The van der Waals surface area contributed by atoms with Crippen LogP contribution in [0.5, 0.6) is 0 Å². The average Bonchev–Trinajstić information content (AvgIpc) is 1.79. The number of carbonyl (C=O) groups excluding carboxylic acids is 1. The Balaban J connectivity index is 2.39. The van der Waals surface area contributed by atoms with Gasteiger partial charge in [0, 0.05) is 6.61 Å². The maximum Gasteiger partial charge on any atom is 0.180 e. The number of carbonyl (C=O) groups is 1. The molecule has 0 saturated carbocycles. The van der Waals surface area contributed by atoms with E-state index in [4.69, 9.17) is 4.74 Å². The predicted molar refractivity (Wildman–Crippen MR) is 34.2 cm³/mol. The van der Waals surface area contributed by atoms with Gasteiger partial charge in [0.05, 0.1) is 0 Å². The fraction of sp³-hybridized carbons (Fsp3) is 0.571. The molecular formula is C7H10O2. The molecule has 0 radical (unpaired) electrons. The fourth-order valence-electron chi connectivity index (χ4n) is 0.739. The first-order chi connectivity index (χ1) is 4.39. The maximum atomic E-state index is 10.6. The van der Waals surface area contributed by atoms with E-state index in [9.17, 15) is 4.79 Å². The fourth-order valence-corrected chi connectivity index (χ4v) is 0.739. The van der Waals surface area contributed by atoms with Crippen LogP contribution < -0.4 is 0 Å². The minimum Gasteiger partial charge on any atom is -0.373 e. The molecule has 0 spiro atoms. The topological polar surface area (TPSA) is 26.3 Å². The third-order valence-electron chi connectivity index (χ3n) is 1.21. The number of hydrogen-bond acceptors (Lipinski definition) is 2. The summed E-state index contributed by atoms with van der Waals surface area (Å²) in [4.78, 5) is 10.6. The minimum absolute atomic E-state index is 0.0784. The third-order valence-corrected chi connectivity index (χ3v) is 1.21. The first-order valence-corrected chi connectivity index (χ1v) is 3.17. The Morgan fingerprint density at radius 1 is 1.56 bits per heavy atom. The number of ether oxygens (including phenoxy) is 1. The van der Waals surface area contributed by atoms with Gasteiger partial charge < -0.3 is 4.74 Å². The van der Waals surface area contributed by atoms with E-state index in [0.717, 1.165) is 19.4 Å². The zero-order chi connectivity index (χ0) is 6.53. The monoisotopic (exact) mass is 126 g/mol. The van der Waals surface area contributed by atoms with Crippen LogP contribution in [0.1, 0.15) is 12.8 Å². The molecule has 2 nitrogen and oxygen atoms in total. The van der Waals surface area contributed by atoms with Crippen molar-refractivity contribution in [3.63, 3.8) is 0 Å². The highest BCUT2D eigenvalue weighted by atomic mass is 16.5. The van der Waals surface area contributed by atoms with Crippen LogP contribution in [-0.2, 0) is 9.53 Å². The highest BCUT2D eigenvalue weighted by Gasteiger charge is 1.98. The molecule has 0 unspecified atom stereocenters. The average molecular weight is 126 g/mol. The smallest absolute Gasteiger partial charge is 0.180 e. The maximum absolute atomic E-state index is 10.6. The van der Waals surface area contributed by atoms with Gasteiger partial charge in [-0.3, -0.25) is 4.79 Å². The first kappa shape index (κ1) is 6.49. The van der Waals surface area contributed by atoms with Gasteiger partial charge in [0.2, 0.25) is 0 Å². The minimum atomic E-state index is 0.0784. The van der Waals surface area contributed by atoms with Gasteiger partial charge >= 0.3 is 0 Å². The van der Waals surface area contributed by atoms with Crippen molar-refractivity contribution in [2.24, 2.45) is 0 Å². The van der Waals surface area contributed by atoms with Crippen LogP contribution in [0.25, 0.3) is 0 Å². The van der Waals surface area contributed by atoms with Crippen molar-refractivity contribution in [2.45, 2.75) is 12.8 Å². The molecule has 0 amide bonds. The van der Waals surface area contributed by atoms with Crippen molar-refractivity contribution in [3.8, 4) is 0 Å². The van der Waals surface area contributed by atoms with Crippen molar-refractivity contribution in [1.82, 2.24) is 0 Å². The number of allylic oxidation sites excluding steroid dienone is 1. The molecule has 1 aliphatic rings. The summed E-state index contributed by atoms with van der Waals surface area (Å²) >= 11 is 0. The standard InChI is InChI=1S/C7H10O2/c8-7-4-2-1-3-5-9-6-7/h2,4H,1,3,5-6H2. The first-order valence-electron chi connectivity index (χ1n) is 3.17. The summed E-state index contributed by atoms with van der Waals surface area (Å²) in [6.45, 7) is 0.979. The molecule has 1 aliphatic heterocycles. The molecule has 0 saturated heterocycles. The number of hydrogen-bond donors (Lipinski definition) is 0. The Morgan fingerprint density at radius 3 is 3.33 bits per heavy atom. The Morgan fingerprint density at radius 2 is 2.44 bits per heavy atom. The van der Waals surface area contributed by atoms with Crippen molar-refractivity contribution < 1.29 is 9.53 Å². The molecule has 0 aliphatic carbocycles. The van der Waals surface area contributed by atoms with Gasteiger partial charge in [-0.25, -0.2) is 0 Å². The molecule has 0 fully saturated rings. The van der Waals surface area contributed by atoms with Crippen LogP contribution in [0.2, 0.25) is 0 Å². The van der Waals surface area contributed by atoms with E-state index in [1.54, 1.807) is 6.08 Å². The predicted octanol–water partition coefficient (Wildman–Crippen LogP) is 0.922. The summed E-state index contributed by atoms with van der Waals surface area (Å²) in [6.07, 6.45) is 5.50. The molecule has 0 bridgehead atoms. The second-order valence-electron chi connectivity index (χ2n) is 2.06. The van der Waals surface area contributed by atoms with Crippen LogP contribution >= 0.6 is 0 Å². The molecule has 0 atom stereocenters. The second kappa shape index (κ2) is 3.41. The van der Waals surface area contributed by atoms with Gasteiger partial charge in [-0.15, -0.1) is 0 Å². The lowest BCUT2D eigenvalue weighted by Gasteiger charge is -2.02. The molecule has 0 aromatic rings. The van der Waals surface area contributed by atoms with Crippen molar-refractivity contribution in [2.75, 3.05) is 13.2 Å². The number of rotatable bonds is 0. The van der Waals surface area contributed by atoms with Crippen molar-refractivity contribution in [1.29, 1.82) is 0 Å². The summed E-state index contributed by atoms with van der Waals surface area (Å²) in [5.41, 5.74) is 0. The number of ketones is 1. The molecule has 0 aromatic carbocycles. The molecule has 0 N–H and O–H groups in total. The van der Waals surface area contributed by atoms with E-state index in [-0.39, 0.29) is 12.4 Å². The molecule has 0 aromatic heterocycles. The van der Waals surface area contributed by atoms with Gasteiger partial charge in [0.15, 0.2) is 5.78 Å². The zero-order valence-electron chi connectivity index (χ0n) is 5.30. The second-order valence-corrected chi connectivity index (χ2v) is 2.06. The Labute approximate surface area is 54.5 Å². The Bertz CT molecular complexity index is 127. The lowest BCUT2D eigenvalue weighted by atomic mass is 10.2. The normalized spacial score (nSPS) is 21.1. The third kappa shape index (κ3) is 2.42. The summed E-state index contributed by atoms with van der Waals surface area (Å²) in [7, 11) is 0. The van der Waals surface area contributed by atoms with E-state index in [0.29, 0.717) is 0 Å². The lowest BCUT2D eigenvalue weighted by Crippen LogP contribution is -2.08. The van der Waals surface area contributed by atoms with Crippen molar-refractivity contribution in [3.05, 3.63) is 12.2 Å². The summed E-state index contributed by atoms with van der Waals surface area (Å²) in [5, 5.41) is 0. The van der Waals surface area contributed by atoms with Gasteiger partial charge in [0.1, 0.15) is 6.61 Å². The van der Waals surface area contributed by atoms with Crippen LogP contribution in [0, 0.1) is 0 Å². The lowest BCUT2D eigenvalue weighted by molar-refractivity contribution is -0.119. The SMILES string of the molecule is O=C1C=CCCCOC1. The van der Waals surface area contributed by atoms with E-state index < -0.39 is 0 Å². The summed E-state index contributed by atoms with van der Waals surface area (Å²) < 4.78 is 4.99. The van der Waals surface area contributed by atoms with Crippen LogP contribution in [0.3, 0.4) is 0 Å². The molecule has 9 heavy (non-hydrogen) atoms. The summed E-state index contributed by atoms with van der Waals surface area (Å²) in [5.74, 6) is 0.0784. The highest BCUT2D eigenvalue weighted by molar-refractivity contribution is 5.90. The largest absolute Gasteiger partial charge is 0.373 e. The Kier molecular flexibility index (Phi) is 2.46. The van der Waals surface area contributed by atoms with E-state index in [1.165, 1.54) is 0 Å². The van der Waals surface area contributed by atoms with E-state index in [1.807, 2.05) is 6.08 Å². The van der Waals surface area contributed by atoms with Crippen LogP contribution in [0.4, 0.5) is 0 Å². The van der Waals surface area contributed by atoms with Gasteiger partial charge in [-0.1, -0.05) is 6.08 Å². The molecule has 2 heteroatoms. The van der Waals surface area contributed by atoms with Gasteiger partial charge in [-0.05, 0) is 18.9 Å². The van der Waals surface area contributed by atoms with Crippen LogP contribution in [0.15, 0.2) is 12.2 Å². The Hall–Kier alpha value is -0.630. The van der Waals surface area contributed by atoms with Gasteiger partial charge in [0.25, 0.3) is 0 Å². The molecule has 1 heterocycles. The molecular weight excluding hydrogens is 116 g/mol. The van der Waals surface area contributed by atoms with E-state index in [2.05, 4.69) is 0 Å². The summed E-state index contributed by atoms with van der Waals surface area (Å²) in [6, 6.07) is 0. The zero-order valence-corrected chi connectivity index (χ0v) is 5.30. The van der Waals surface area contributed by atoms with Crippen molar-refractivity contribution >= 4 is 5.78 Å². The molecule has 1 rings (SSSR count). The van der Waals surface area contributed by atoms with Gasteiger partial charge in [-0.2, -0.15) is 0 Å². The van der Waals surface area contributed by atoms with E-state index >= 15 is 0 Å². The quantitative estimate of drug-likeness (QED) is 0.482.